The van der Waals surface area contributed by atoms with Crippen LogP contribution in [-0.4, -0.2) is 14.5 Å². The SMILES string of the molecule is CC(C)[C@H](C)N/C(Nc1cc(C(F)(F)F)cc(C(F)(F)F)c1)=C(\C#N)S(=O)(=O)c1ccc(Cl)cc1. The molecule has 0 aromatic heterocycles. The molecule has 0 aliphatic carbocycles. The molecule has 35 heavy (non-hydrogen) atoms. The predicted octanol–water partition coefficient (Wildman–Crippen LogP) is 6.59. The van der Waals surface area contributed by atoms with E-state index in [1.54, 1.807) is 20.8 Å². The molecule has 0 saturated carbocycles. The molecule has 0 spiro atoms. The van der Waals surface area contributed by atoms with E-state index in [-0.39, 0.29) is 21.9 Å². The summed E-state index contributed by atoms with van der Waals surface area (Å²) in [6, 6.07) is 6.42. The third kappa shape index (κ3) is 7.05. The fraction of sp³-hybridized carbons (Fsp3) is 0.318. The molecule has 0 saturated heterocycles. The minimum Gasteiger partial charge on any atom is -0.367 e. The van der Waals surface area contributed by atoms with Gasteiger partial charge >= 0.3 is 12.4 Å². The molecular formula is C22H20ClF6N3O2S. The van der Waals surface area contributed by atoms with Gasteiger partial charge < -0.3 is 10.6 Å². The molecular weight excluding hydrogens is 520 g/mol. The number of nitrogens with zero attached hydrogens (tertiary/aromatic N) is 1. The van der Waals surface area contributed by atoms with Gasteiger partial charge in [0.2, 0.25) is 9.84 Å². The van der Waals surface area contributed by atoms with Crippen molar-refractivity contribution >= 4 is 27.1 Å². The molecule has 1 atom stereocenters. The Morgan fingerprint density at radius 2 is 1.43 bits per heavy atom. The predicted molar refractivity (Wildman–Crippen MR) is 119 cm³/mol. The fourth-order valence-electron chi connectivity index (χ4n) is 2.71. The van der Waals surface area contributed by atoms with Gasteiger partial charge in [-0.05, 0) is 55.3 Å². The van der Waals surface area contributed by atoms with E-state index in [1.165, 1.54) is 18.2 Å². The highest BCUT2D eigenvalue weighted by atomic mass is 35.5. The molecule has 13 heteroatoms. The third-order valence-electron chi connectivity index (χ3n) is 4.95. The van der Waals surface area contributed by atoms with Crippen molar-refractivity contribution in [2.24, 2.45) is 5.92 Å². The first-order valence-electron chi connectivity index (χ1n) is 9.95. The summed E-state index contributed by atoms with van der Waals surface area (Å²) in [6.45, 7) is 5.08. The van der Waals surface area contributed by atoms with Crippen LogP contribution in [0.5, 0.6) is 0 Å². The number of anilines is 1. The van der Waals surface area contributed by atoms with Gasteiger partial charge in [0.1, 0.15) is 11.9 Å². The summed E-state index contributed by atoms with van der Waals surface area (Å²) in [5, 5.41) is 14.9. The zero-order valence-electron chi connectivity index (χ0n) is 18.5. The quantitative estimate of drug-likeness (QED) is 0.306. The molecule has 190 valence electrons. The number of nitrogens with one attached hydrogen (secondary N) is 2. The first-order valence-corrected chi connectivity index (χ1v) is 11.8. The van der Waals surface area contributed by atoms with Crippen LogP contribution in [0, 0.1) is 17.2 Å². The highest BCUT2D eigenvalue weighted by Gasteiger charge is 2.37. The smallest absolute Gasteiger partial charge is 0.367 e. The van der Waals surface area contributed by atoms with Crippen LogP contribution in [0.25, 0.3) is 0 Å². The van der Waals surface area contributed by atoms with Gasteiger partial charge in [0.25, 0.3) is 0 Å². The molecule has 0 aliphatic rings. The third-order valence-corrected chi connectivity index (χ3v) is 6.93. The summed E-state index contributed by atoms with van der Waals surface area (Å²) in [4.78, 5) is -1.28. The van der Waals surface area contributed by atoms with Crippen molar-refractivity contribution in [1.29, 1.82) is 5.26 Å². The fourth-order valence-corrected chi connectivity index (χ4v) is 4.06. The van der Waals surface area contributed by atoms with E-state index in [2.05, 4.69) is 10.6 Å². The summed E-state index contributed by atoms with van der Waals surface area (Å²) in [7, 11) is -4.55. The van der Waals surface area contributed by atoms with Crippen LogP contribution >= 0.6 is 11.6 Å². The Labute approximate surface area is 203 Å². The zero-order chi connectivity index (χ0) is 26.8. The number of rotatable bonds is 7. The molecule has 0 radical (unpaired) electrons. The monoisotopic (exact) mass is 539 g/mol. The maximum atomic E-state index is 13.3. The minimum absolute atomic E-state index is 0.0611. The van der Waals surface area contributed by atoms with Crippen LogP contribution in [0.1, 0.15) is 31.9 Å². The van der Waals surface area contributed by atoms with Crippen LogP contribution in [0.15, 0.2) is 58.1 Å². The van der Waals surface area contributed by atoms with Crippen LogP contribution in [0.4, 0.5) is 32.0 Å². The van der Waals surface area contributed by atoms with Gasteiger partial charge in [-0.1, -0.05) is 25.4 Å². The average Bonchev–Trinajstić information content (AvgIpc) is 2.72. The Balaban J connectivity index is 2.76. The molecule has 0 unspecified atom stereocenters. The summed E-state index contributed by atoms with van der Waals surface area (Å²) in [6.07, 6.45) is -10.2. The number of alkyl halides is 6. The van der Waals surface area contributed by atoms with Gasteiger partial charge in [0.05, 0.1) is 16.0 Å². The lowest BCUT2D eigenvalue weighted by Gasteiger charge is -2.24. The number of nitriles is 1. The minimum atomic E-state index is -5.12. The summed E-state index contributed by atoms with van der Waals surface area (Å²) in [5.74, 6) is -0.728. The molecule has 2 aromatic carbocycles. The lowest BCUT2D eigenvalue weighted by Crippen LogP contribution is -2.35. The summed E-state index contributed by atoms with van der Waals surface area (Å²) in [5.41, 5.74) is -3.93. The van der Waals surface area contributed by atoms with E-state index in [0.29, 0.717) is 12.1 Å². The van der Waals surface area contributed by atoms with Crippen molar-refractivity contribution in [3.05, 3.63) is 69.3 Å². The van der Waals surface area contributed by atoms with Gasteiger partial charge in [-0.15, -0.1) is 0 Å². The average molecular weight is 540 g/mol. The number of allylic oxidation sites excluding steroid dienone is 1. The summed E-state index contributed by atoms with van der Waals surface area (Å²) >= 11 is 5.77. The highest BCUT2D eigenvalue weighted by Crippen LogP contribution is 2.38. The first kappa shape index (κ1) is 28.3. The number of halogens is 7. The van der Waals surface area contributed by atoms with Crippen molar-refractivity contribution in [3.63, 3.8) is 0 Å². The van der Waals surface area contributed by atoms with Crippen LogP contribution in [0.2, 0.25) is 5.02 Å². The number of hydrogen-bond acceptors (Lipinski definition) is 5. The Hall–Kier alpha value is -2.91. The maximum absolute atomic E-state index is 13.3. The normalized spacial score (nSPS) is 14.2. The van der Waals surface area contributed by atoms with Crippen molar-refractivity contribution in [1.82, 2.24) is 5.32 Å². The molecule has 0 aliphatic heterocycles. The van der Waals surface area contributed by atoms with E-state index >= 15 is 0 Å². The Morgan fingerprint density at radius 3 is 1.83 bits per heavy atom. The molecule has 0 bridgehead atoms. The zero-order valence-corrected chi connectivity index (χ0v) is 20.1. The Bertz CT molecular complexity index is 1220. The topological polar surface area (TPSA) is 82.0 Å². The number of hydrogen-bond donors (Lipinski definition) is 2. The molecule has 0 amide bonds. The van der Waals surface area contributed by atoms with Gasteiger partial charge in [-0.2, -0.15) is 31.6 Å². The standard InChI is InChI=1S/C22H20ClF6N3O2S/c1-12(2)13(3)31-20(19(11-30)35(33,34)18-6-4-16(23)5-7-18)32-17-9-14(21(24,25)26)8-15(10-17)22(27,28)29/h4-10,12-13,31-32H,1-3H3/b20-19-/t13-/m0/s1. The van der Waals surface area contributed by atoms with E-state index in [4.69, 9.17) is 11.6 Å². The molecule has 2 N–H and O–H groups in total. The van der Waals surface area contributed by atoms with Gasteiger partial charge in [0, 0.05) is 16.8 Å². The van der Waals surface area contributed by atoms with E-state index in [0.717, 1.165) is 12.1 Å². The van der Waals surface area contributed by atoms with Crippen LogP contribution in [-0.2, 0) is 22.2 Å². The molecule has 5 nitrogen and oxygen atoms in total. The number of benzene rings is 2. The van der Waals surface area contributed by atoms with E-state index in [9.17, 15) is 40.0 Å². The second-order valence-corrected chi connectivity index (χ2v) is 10.2. The lowest BCUT2D eigenvalue weighted by atomic mass is 10.1. The largest absolute Gasteiger partial charge is 0.416 e. The second-order valence-electron chi connectivity index (χ2n) is 7.87. The Morgan fingerprint density at radius 1 is 0.943 bits per heavy atom. The van der Waals surface area contributed by atoms with Crippen molar-refractivity contribution in [2.75, 3.05) is 5.32 Å². The van der Waals surface area contributed by atoms with Crippen molar-refractivity contribution < 1.29 is 34.8 Å². The van der Waals surface area contributed by atoms with Crippen molar-refractivity contribution in [3.8, 4) is 6.07 Å². The van der Waals surface area contributed by atoms with E-state index < -0.39 is 55.8 Å². The highest BCUT2D eigenvalue weighted by molar-refractivity contribution is 7.95. The van der Waals surface area contributed by atoms with Crippen molar-refractivity contribution in [2.45, 2.75) is 44.1 Å². The Kier molecular flexibility index (Phi) is 8.40. The van der Waals surface area contributed by atoms with Gasteiger partial charge in [-0.3, -0.25) is 0 Å². The van der Waals surface area contributed by atoms with Crippen LogP contribution < -0.4 is 10.6 Å². The van der Waals surface area contributed by atoms with Gasteiger partial charge in [0.15, 0.2) is 4.91 Å². The molecule has 2 aromatic rings. The molecule has 0 heterocycles. The second kappa shape index (κ2) is 10.4. The first-order chi connectivity index (χ1) is 16.0. The van der Waals surface area contributed by atoms with E-state index in [1.807, 2.05) is 0 Å². The summed E-state index contributed by atoms with van der Waals surface area (Å²) < 4.78 is 106. The van der Waals surface area contributed by atoms with Crippen LogP contribution in [0.3, 0.4) is 0 Å². The maximum Gasteiger partial charge on any atom is 0.416 e. The molecule has 0 fully saturated rings. The van der Waals surface area contributed by atoms with Gasteiger partial charge in [-0.25, -0.2) is 8.42 Å². The molecule has 2 rings (SSSR count). The lowest BCUT2D eigenvalue weighted by molar-refractivity contribution is -0.143. The number of sulfone groups is 1.